The molecule has 43 heavy (non-hydrogen) atoms. The van der Waals surface area contributed by atoms with Crippen LogP contribution in [-0.4, -0.2) is 71.3 Å². The Labute approximate surface area is 263 Å². The van der Waals surface area contributed by atoms with Crippen molar-refractivity contribution in [1.29, 1.82) is 0 Å². The van der Waals surface area contributed by atoms with Gasteiger partial charge in [0.15, 0.2) is 5.78 Å². The summed E-state index contributed by atoms with van der Waals surface area (Å²) in [6.07, 6.45) is 2.77. The van der Waals surface area contributed by atoms with E-state index in [2.05, 4.69) is 25.9 Å². The molecule has 1 fully saturated rings. The number of ether oxygens (including phenoxy) is 1. The van der Waals surface area contributed by atoms with Gasteiger partial charge in [0.2, 0.25) is 11.8 Å². The van der Waals surface area contributed by atoms with E-state index in [-0.39, 0.29) is 36.4 Å². The molecule has 0 bridgehead atoms. The highest BCUT2D eigenvalue weighted by Crippen LogP contribution is 2.33. The van der Waals surface area contributed by atoms with E-state index in [4.69, 9.17) is 16.3 Å². The number of nitrogens with one attached hydrogen (secondary N) is 3. The fourth-order valence-electron chi connectivity index (χ4n) is 5.13. The van der Waals surface area contributed by atoms with Crippen LogP contribution in [0.15, 0.2) is 42.7 Å². The van der Waals surface area contributed by atoms with Gasteiger partial charge in [0.25, 0.3) is 0 Å². The number of halogens is 2. The van der Waals surface area contributed by atoms with Gasteiger partial charge in [-0.15, -0.1) is 12.4 Å². The van der Waals surface area contributed by atoms with Crippen LogP contribution in [0.1, 0.15) is 46.1 Å². The molecule has 0 unspecified atom stereocenters. The summed E-state index contributed by atoms with van der Waals surface area (Å²) in [7, 11) is 3.24. The van der Waals surface area contributed by atoms with Crippen molar-refractivity contribution in [2.45, 2.75) is 65.1 Å². The Bertz CT molecular complexity index is 1480. The van der Waals surface area contributed by atoms with Crippen molar-refractivity contribution in [3.63, 3.8) is 0 Å². The molecule has 2 amide bonds. The molecule has 1 saturated heterocycles. The molecule has 3 atom stereocenters. The molecule has 1 aromatic heterocycles. The Morgan fingerprint density at radius 2 is 1.88 bits per heavy atom. The number of nitrogens with zero attached hydrogens (tertiary/aromatic N) is 3. The second-order valence-corrected chi connectivity index (χ2v) is 12.1. The summed E-state index contributed by atoms with van der Waals surface area (Å²) in [5, 5.41) is 10.3. The maximum Gasteiger partial charge on any atom is 0.246 e. The number of rotatable bonds is 10. The lowest BCUT2D eigenvalue weighted by molar-refractivity contribution is -0.143. The van der Waals surface area contributed by atoms with Crippen molar-refractivity contribution in [2.75, 3.05) is 26.0 Å². The SMILES string of the molecule is CN[C@@H](C)C(=O)N[C@H](C(=O)N1CCC[C@H]1C(=O)Cc1cc2c(Nc3ccccc3Cl)ncnc2cc1OC)C(C)(C)C.Cl. The fraction of sp³-hybridized carbons (Fsp3) is 0.452. The first-order chi connectivity index (χ1) is 19.9. The highest BCUT2D eigenvalue weighted by atomic mass is 35.5. The highest BCUT2D eigenvalue weighted by molar-refractivity contribution is 6.33. The summed E-state index contributed by atoms with van der Waals surface area (Å²) in [6.45, 7) is 7.90. The molecule has 2 heterocycles. The topological polar surface area (TPSA) is 126 Å². The monoisotopic (exact) mass is 630 g/mol. The molecular formula is C31H40Cl2N6O4. The van der Waals surface area contributed by atoms with E-state index < -0.39 is 23.5 Å². The molecule has 0 saturated carbocycles. The van der Waals surface area contributed by atoms with Crippen LogP contribution in [0.4, 0.5) is 11.5 Å². The fourth-order valence-corrected chi connectivity index (χ4v) is 5.31. The number of carbonyl (C=O) groups is 3. The first-order valence-electron chi connectivity index (χ1n) is 14.1. The minimum absolute atomic E-state index is 0. The molecule has 0 aliphatic carbocycles. The first kappa shape index (κ1) is 34.0. The third kappa shape index (κ3) is 7.74. The van der Waals surface area contributed by atoms with E-state index >= 15 is 0 Å². The first-order valence-corrected chi connectivity index (χ1v) is 14.5. The third-order valence-electron chi connectivity index (χ3n) is 7.66. The van der Waals surface area contributed by atoms with Gasteiger partial charge in [0, 0.05) is 30.0 Å². The highest BCUT2D eigenvalue weighted by Gasteiger charge is 2.42. The molecule has 12 heteroatoms. The van der Waals surface area contributed by atoms with Crippen molar-refractivity contribution < 1.29 is 19.1 Å². The second kappa shape index (κ2) is 14.3. The van der Waals surface area contributed by atoms with Crippen LogP contribution in [0.2, 0.25) is 5.02 Å². The number of amides is 2. The number of benzene rings is 2. The van der Waals surface area contributed by atoms with E-state index in [9.17, 15) is 14.4 Å². The second-order valence-electron chi connectivity index (χ2n) is 11.7. The molecule has 2 aromatic carbocycles. The quantitative estimate of drug-likeness (QED) is 0.294. The lowest BCUT2D eigenvalue weighted by Gasteiger charge is -2.36. The van der Waals surface area contributed by atoms with Gasteiger partial charge in [0.1, 0.15) is 23.9 Å². The number of hydrogen-bond donors (Lipinski definition) is 3. The van der Waals surface area contributed by atoms with Gasteiger partial charge in [-0.25, -0.2) is 9.97 Å². The van der Waals surface area contributed by atoms with Crippen molar-refractivity contribution >= 4 is 64.0 Å². The van der Waals surface area contributed by atoms with Crippen LogP contribution >= 0.6 is 24.0 Å². The van der Waals surface area contributed by atoms with E-state index in [1.54, 1.807) is 38.1 Å². The van der Waals surface area contributed by atoms with Crippen molar-refractivity contribution in [3.8, 4) is 5.75 Å². The Morgan fingerprint density at radius 1 is 1.16 bits per heavy atom. The number of ketones is 1. The van der Waals surface area contributed by atoms with Crippen LogP contribution in [0.3, 0.4) is 0 Å². The van der Waals surface area contributed by atoms with Gasteiger partial charge >= 0.3 is 0 Å². The van der Waals surface area contributed by atoms with Gasteiger partial charge in [-0.3, -0.25) is 14.4 Å². The minimum Gasteiger partial charge on any atom is -0.496 e. The standard InChI is InChI=1S/C31H39ClN6O4.ClH/c1-18(33-5)29(40)37-27(31(2,3)4)30(41)38-13-9-12-24(38)25(39)15-19-14-20-23(16-26(19)42-6)34-17-35-28(20)36-22-11-8-7-10-21(22)32;/h7-8,10-11,14,16-18,24,27,33H,9,12-13,15H2,1-6H3,(H,37,40)(H,34,35,36);1H/t18-,24-,27+;/m0./s1. The zero-order chi connectivity index (χ0) is 30.6. The smallest absolute Gasteiger partial charge is 0.246 e. The van der Waals surface area contributed by atoms with E-state index in [0.717, 1.165) is 0 Å². The maximum atomic E-state index is 13.8. The van der Waals surface area contributed by atoms with Crippen molar-refractivity contribution in [1.82, 2.24) is 25.5 Å². The number of aromatic nitrogens is 2. The maximum absolute atomic E-state index is 13.8. The predicted octanol–water partition coefficient (Wildman–Crippen LogP) is 4.70. The summed E-state index contributed by atoms with van der Waals surface area (Å²) in [6, 6.07) is 9.14. The summed E-state index contributed by atoms with van der Waals surface area (Å²) < 4.78 is 5.64. The zero-order valence-corrected chi connectivity index (χ0v) is 26.9. The molecule has 4 rings (SSSR count). The number of methoxy groups -OCH3 is 1. The Morgan fingerprint density at radius 3 is 2.53 bits per heavy atom. The van der Waals surface area contributed by atoms with Gasteiger partial charge in [0.05, 0.1) is 35.4 Å². The molecule has 3 N–H and O–H groups in total. The summed E-state index contributed by atoms with van der Waals surface area (Å²) in [5.74, 6) is 0.451. The number of likely N-dealkylation sites (tertiary alicyclic amines) is 1. The van der Waals surface area contributed by atoms with Crippen molar-refractivity contribution in [3.05, 3.63) is 53.3 Å². The molecule has 0 spiro atoms. The number of carbonyl (C=O) groups excluding carboxylic acids is 3. The van der Waals surface area contributed by atoms with Crippen LogP contribution in [0.5, 0.6) is 5.75 Å². The molecule has 3 aromatic rings. The number of likely N-dealkylation sites (N-methyl/N-ethyl adjacent to an activating group) is 1. The summed E-state index contributed by atoms with van der Waals surface area (Å²) in [5.41, 5.74) is 1.44. The van der Waals surface area contributed by atoms with Crippen LogP contribution in [0.25, 0.3) is 10.9 Å². The number of Topliss-reactive ketones (excluding diaryl/α,β-unsaturated/α-hetero) is 1. The molecule has 0 radical (unpaired) electrons. The summed E-state index contributed by atoms with van der Waals surface area (Å²) >= 11 is 6.36. The minimum atomic E-state index is -0.778. The normalized spacial score (nSPS) is 16.3. The van der Waals surface area contributed by atoms with E-state index in [1.165, 1.54) is 6.33 Å². The Balaban J connectivity index is 0.00000506. The van der Waals surface area contributed by atoms with E-state index in [1.807, 2.05) is 45.0 Å². The average molecular weight is 632 g/mol. The van der Waals surface area contributed by atoms with E-state index in [0.29, 0.717) is 58.1 Å². The third-order valence-corrected chi connectivity index (χ3v) is 7.99. The molecular weight excluding hydrogens is 591 g/mol. The number of fused-ring (bicyclic) bond motifs is 1. The van der Waals surface area contributed by atoms with Crippen LogP contribution in [0, 0.1) is 5.41 Å². The Kier molecular flexibility index (Phi) is 11.3. The van der Waals surface area contributed by atoms with Gasteiger partial charge in [-0.2, -0.15) is 0 Å². The van der Waals surface area contributed by atoms with Crippen LogP contribution < -0.4 is 20.7 Å². The Hall–Kier alpha value is -3.47. The van der Waals surface area contributed by atoms with Gasteiger partial charge in [-0.1, -0.05) is 44.5 Å². The molecule has 1 aliphatic rings. The lowest BCUT2D eigenvalue weighted by Crippen LogP contribution is -2.58. The predicted molar refractivity (Wildman–Crippen MR) is 171 cm³/mol. The van der Waals surface area contributed by atoms with Crippen LogP contribution in [-0.2, 0) is 20.8 Å². The lowest BCUT2D eigenvalue weighted by atomic mass is 9.85. The largest absolute Gasteiger partial charge is 0.496 e. The van der Waals surface area contributed by atoms with Gasteiger partial charge < -0.3 is 25.6 Å². The summed E-state index contributed by atoms with van der Waals surface area (Å²) in [4.78, 5) is 50.8. The molecule has 1 aliphatic heterocycles. The zero-order valence-electron chi connectivity index (χ0n) is 25.4. The van der Waals surface area contributed by atoms with Crippen molar-refractivity contribution in [2.24, 2.45) is 5.41 Å². The number of para-hydroxylation sites is 1. The number of hydrogen-bond acceptors (Lipinski definition) is 8. The number of anilines is 2. The average Bonchev–Trinajstić information content (AvgIpc) is 3.46. The van der Waals surface area contributed by atoms with Gasteiger partial charge in [-0.05, 0) is 50.4 Å². The molecule has 232 valence electrons. The molecule has 10 nitrogen and oxygen atoms in total.